The third-order valence-corrected chi connectivity index (χ3v) is 3.78. The lowest BCUT2D eigenvalue weighted by Gasteiger charge is -2.32. The van der Waals surface area contributed by atoms with Crippen LogP contribution in [0.5, 0.6) is 0 Å². The van der Waals surface area contributed by atoms with E-state index in [9.17, 15) is 0 Å². The van der Waals surface area contributed by atoms with Crippen LogP contribution in [0.3, 0.4) is 0 Å². The summed E-state index contributed by atoms with van der Waals surface area (Å²) in [6.45, 7) is 6.41. The Morgan fingerprint density at radius 3 is 2.94 bits per heavy atom. The smallest absolute Gasteiger partial charge is 0.131 e. The minimum atomic E-state index is 0.263. The molecule has 5 nitrogen and oxygen atoms in total. The first-order valence-corrected chi connectivity index (χ1v) is 6.66. The van der Waals surface area contributed by atoms with E-state index in [4.69, 9.17) is 16.3 Å². The largest absolute Gasteiger partial charge is 0.374 e. The van der Waals surface area contributed by atoms with Gasteiger partial charge in [-0.25, -0.2) is 0 Å². The molecule has 0 bridgehead atoms. The molecule has 1 aromatic rings. The zero-order valence-corrected chi connectivity index (χ0v) is 12.0. The van der Waals surface area contributed by atoms with Crippen molar-refractivity contribution in [3.05, 3.63) is 16.4 Å². The third-order valence-electron chi connectivity index (χ3n) is 3.31. The highest BCUT2D eigenvalue weighted by Crippen LogP contribution is 2.21. The van der Waals surface area contributed by atoms with E-state index in [-0.39, 0.29) is 6.10 Å². The van der Waals surface area contributed by atoms with Gasteiger partial charge in [0.1, 0.15) is 5.15 Å². The molecular weight excluding hydrogens is 252 g/mol. The summed E-state index contributed by atoms with van der Waals surface area (Å²) < 4.78 is 7.43. The van der Waals surface area contributed by atoms with Gasteiger partial charge in [-0.05, 0) is 14.0 Å². The lowest BCUT2D eigenvalue weighted by Crippen LogP contribution is -2.45. The maximum atomic E-state index is 6.26. The van der Waals surface area contributed by atoms with Crippen molar-refractivity contribution in [1.82, 2.24) is 20.0 Å². The molecule has 2 rings (SSSR count). The van der Waals surface area contributed by atoms with Crippen molar-refractivity contribution >= 4 is 11.6 Å². The highest BCUT2D eigenvalue weighted by Gasteiger charge is 2.22. The number of aryl methyl sites for hydroxylation is 2. The molecule has 1 unspecified atom stereocenters. The topological polar surface area (TPSA) is 42.3 Å². The highest BCUT2D eigenvalue weighted by molar-refractivity contribution is 6.30. The van der Waals surface area contributed by atoms with Crippen LogP contribution >= 0.6 is 11.6 Å². The Morgan fingerprint density at radius 1 is 1.56 bits per heavy atom. The van der Waals surface area contributed by atoms with Gasteiger partial charge in [0.15, 0.2) is 0 Å². The molecular formula is C12H21ClN4O. The maximum Gasteiger partial charge on any atom is 0.131 e. The molecule has 1 aliphatic heterocycles. The zero-order chi connectivity index (χ0) is 13.1. The lowest BCUT2D eigenvalue weighted by atomic mass is 10.2. The minimum Gasteiger partial charge on any atom is -0.374 e. The Morgan fingerprint density at radius 2 is 2.33 bits per heavy atom. The van der Waals surface area contributed by atoms with Crippen molar-refractivity contribution in [1.29, 1.82) is 0 Å². The van der Waals surface area contributed by atoms with E-state index in [1.807, 2.05) is 21.0 Å². The number of aromatic nitrogens is 2. The number of halogens is 1. The molecule has 18 heavy (non-hydrogen) atoms. The minimum absolute atomic E-state index is 0.263. The van der Waals surface area contributed by atoms with Gasteiger partial charge < -0.3 is 10.1 Å². The van der Waals surface area contributed by atoms with E-state index in [1.54, 1.807) is 4.68 Å². The molecule has 1 aromatic heterocycles. The summed E-state index contributed by atoms with van der Waals surface area (Å²) in [5, 5.41) is 8.24. The van der Waals surface area contributed by atoms with Gasteiger partial charge in [0.2, 0.25) is 0 Å². The van der Waals surface area contributed by atoms with Gasteiger partial charge >= 0.3 is 0 Å². The van der Waals surface area contributed by atoms with Gasteiger partial charge in [-0.15, -0.1) is 0 Å². The molecule has 6 heteroatoms. The van der Waals surface area contributed by atoms with E-state index in [0.29, 0.717) is 0 Å². The number of nitrogens with zero attached hydrogens (tertiary/aromatic N) is 3. The standard InChI is InChI=1S/C12H21ClN4O/c1-9-11(12(13)16(3)15-9)8-17-4-5-18-10(7-17)6-14-2/h10,14H,4-8H2,1-3H3. The average Bonchev–Trinajstić information content (AvgIpc) is 2.57. The van der Waals surface area contributed by atoms with Gasteiger partial charge in [-0.3, -0.25) is 9.58 Å². The quantitative estimate of drug-likeness (QED) is 0.881. The van der Waals surface area contributed by atoms with Crippen LogP contribution in [-0.2, 0) is 18.3 Å². The maximum absolute atomic E-state index is 6.26. The second-order valence-electron chi connectivity index (χ2n) is 4.76. The van der Waals surface area contributed by atoms with Crippen molar-refractivity contribution in [2.75, 3.05) is 33.3 Å². The normalized spacial score (nSPS) is 21.4. The number of rotatable bonds is 4. The molecule has 0 saturated carbocycles. The number of nitrogens with one attached hydrogen (secondary N) is 1. The van der Waals surface area contributed by atoms with Crippen molar-refractivity contribution in [3.8, 4) is 0 Å². The van der Waals surface area contributed by atoms with Crippen LogP contribution in [0, 0.1) is 6.92 Å². The lowest BCUT2D eigenvalue weighted by molar-refractivity contribution is -0.0291. The van der Waals surface area contributed by atoms with Crippen LogP contribution in [-0.4, -0.2) is 54.1 Å². The van der Waals surface area contributed by atoms with Crippen LogP contribution in [0.2, 0.25) is 5.15 Å². The summed E-state index contributed by atoms with van der Waals surface area (Å²) in [6.07, 6.45) is 0.263. The van der Waals surface area contributed by atoms with Crippen molar-refractivity contribution in [2.45, 2.75) is 19.6 Å². The van der Waals surface area contributed by atoms with Gasteiger partial charge in [0.05, 0.1) is 18.4 Å². The Balaban J connectivity index is 2.00. The number of likely N-dealkylation sites (N-methyl/N-ethyl adjacent to an activating group) is 1. The van der Waals surface area contributed by atoms with E-state index in [0.717, 1.165) is 49.2 Å². The average molecular weight is 273 g/mol. The summed E-state index contributed by atoms with van der Waals surface area (Å²) in [5.41, 5.74) is 2.14. The number of morpholine rings is 1. The second kappa shape index (κ2) is 6.02. The first kappa shape index (κ1) is 13.8. The summed E-state index contributed by atoms with van der Waals surface area (Å²) in [5.74, 6) is 0. The van der Waals surface area contributed by atoms with E-state index >= 15 is 0 Å². The van der Waals surface area contributed by atoms with Crippen LogP contribution in [0.1, 0.15) is 11.3 Å². The Bertz CT molecular complexity index is 405. The number of hydrogen-bond donors (Lipinski definition) is 1. The monoisotopic (exact) mass is 272 g/mol. The molecule has 1 saturated heterocycles. The van der Waals surface area contributed by atoms with E-state index in [1.165, 1.54) is 0 Å². The highest BCUT2D eigenvalue weighted by atomic mass is 35.5. The zero-order valence-electron chi connectivity index (χ0n) is 11.2. The van der Waals surface area contributed by atoms with Crippen LogP contribution < -0.4 is 5.32 Å². The van der Waals surface area contributed by atoms with E-state index < -0.39 is 0 Å². The van der Waals surface area contributed by atoms with Gasteiger partial charge in [0, 0.05) is 38.8 Å². The van der Waals surface area contributed by atoms with Crippen molar-refractivity contribution < 1.29 is 4.74 Å². The van der Waals surface area contributed by atoms with Gasteiger partial charge in [-0.2, -0.15) is 5.10 Å². The molecule has 0 aliphatic carbocycles. The molecule has 0 aromatic carbocycles. The fourth-order valence-electron chi connectivity index (χ4n) is 2.35. The fourth-order valence-corrected chi connectivity index (χ4v) is 2.59. The predicted molar refractivity (Wildman–Crippen MR) is 71.9 cm³/mol. The second-order valence-corrected chi connectivity index (χ2v) is 5.12. The molecule has 0 radical (unpaired) electrons. The van der Waals surface area contributed by atoms with Gasteiger partial charge in [0.25, 0.3) is 0 Å². The fraction of sp³-hybridized carbons (Fsp3) is 0.750. The Hall–Kier alpha value is -0.620. The number of hydrogen-bond acceptors (Lipinski definition) is 4. The summed E-state index contributed by atoms with van der Waals surface area (Å²) in [6, 6.07) is 0. The SMILES string of the molecule is CNCC1CN(Cc2c(C)nn(C)c2Cl)CCO1. The van der Waals surface area contributed by atoms with Crippen LogP contribution in [0.25, 0.3) is 0 Å². The first-order valence-electron chi connectivity index (χ1n) is 6.28. The van der Waals surface area contributed by atoms with Crippen molar-refractivity contribution in [3.63, 3.8) is 0 Å². The molecule has 1 aliphatic rings. The molecule has 1 atom stereocenters. The third kappa shape index (κ3) is 3.03. The van der Waals surface area contributed by atoms with Crippen LogP contribution in [0.4, 0.5) is 0 Å². The first-order chi connectivity index (χ1) is 8.61. The van der Waals surface area contributed by atoms with Gasteiger partial charge in [-0.1, -0.05) is 11.6 Å². The Labute approximate surface area is 113 Å². The molecule has 1 fully saturated rings. The Kier molecular flexibility index (Phi) is 4.61. The predicted octanol–water partition coefficient (Wildman–Crippen LogP) is 0.802. The summed E-state index contributed by atoms with van der Waals surface area (Å²) in [4.78, 5) is 2.38. The molecule has 2 heterocycles. The molecule has 102 valence electrons. The number of ether oxygens (including phenoxy) is 1. The molecule has 0 amide bonds. The van der Waals surface area contributed by atoms with E-state index in [2.05, 4.69) is 15.3 Å². The van der Waals surface area contributed by atoms with Crippen LogP contribution in [0.15, 0.2) is 0 Å². The molecule has 0 spiro atoms. The van der Waals surface area contributed by atoms with Crippen molar-refractivity contribution in [2.24, 2.45) is 7.05 Å². The summed E-state index contributed by atoms with van der Waals surface area (Å²) >= 11 is 6.26. The summed E-state index contributed by atoms with van der Waals surface area (Å²) in [7, 11) is 3.83. The molecule has 1 N–H and O–H groups in total.